The molecule has 3 aliphatic rings. The fourth-order valence-corrected chi connectivity index (χ4v) is 5.71. The summed E-state index contributed by atoms with van der Waals surface area (Å²) in [6, 6.07) is 11.5. The largest absolute Gasteiger partial charge is 0.490 e. The van der Waals surface area contributed by atoms with E-state index in [1.807, 2.05) is 55.1 Å². The second-order valence-corrected chi connectivity index (χ2v) is 9.11. The third-order valence-electron chi connectivity index (χ3n) is 7.17. The van der Waals surface area contributed by atoms with Crippen LogP contribution in [0.1, 0.15) is 78.5 Å². The van der Waals surface area contributed by atoms with Gasteiger partial charge in [-0.1, -0.05) is 31.0 Å². The van der Waals surface area contributed by atoms with Crippen molar-refractivity contribution in [1.29, 1.82) is 0 Å². The maximum Gasteiger partial charge on any atom is 0.254 e. The van der Waals surface area contributed by atoms with Gasteiger partial charge < -0.3 is 19.7 Å². The average molecular weight is 449 g/mol. The van der Waals surface area contributed by atoms with Gasteiger partial charge in [-0.15, -0.1) is 0 Å². The monoisotopic (exact) mass is 448 g/mol. The van der Waals surface area contributed by atoms with Crippen LogP contribution in [0.15, 0.2) is 36.4 Å². The van der Waals surface area contributed by atoms with Gasteiger partial charge in [0.15, 0.2) is 11.5 Å². The molecule has 2 aromatic carbocycles. The van der Waals surface area contributed by atoms with Gasteiger partial charge in [0.2, 0.25) is 5.91 Å². The highest BCUT2D eigenvalue weighted by Gasteiger charge is 2.47. The molecule has 33 heavy (non-hydrogen) atoms. The number of benzene rings is 2. The fourth-order valence-electron chi connectivity index (χ4n) is 5.71. The fraction of sp³-hybridized carbons (Fsp3) is 0.481. The van der Waals surface area contributed by atoms with Gasteiger partial charge in [-0.2, -0.15) is 0 Å². The quantitative estimate of drug-likeness (QED) is 0.712. The second kappa shape index (κ2) is 9.08. The average Bonchev–Trinajstić information content (AvgIpc) is 3.33. The van der Waals surface area contributed by atoms with E-state index in [-0.39, 0.29) is 23.9 Å². The molecule has 6 nitrogen and oxygen atoms in total. The van der Waals surface area contributed by atoms with E-state index in [2.05, 4.69) is 5.32 Å². The van der Waals surface area contributed by atoms with Crippen molar-refractivity contribution in [2.45, 2.75) is 64.0 Å². The summed E-state index contributed by atoms with van der Waals surface area (Å²) in [7, 11) is 0. The number of hydrogen-bond donors (Lipinski definition) is 1. The van der Waals surface area contributed by atoms with E-state index in [1.165, 1.54) is 0 Å². The molecule has 2 aromatic rings. The van der Waals surface area contributed by atoms with E-state index in [4.69, 9.17) is 9.47 Å². The van der Waals surface area contributed by atoms with Crippen molar-refractivity contribution in [2.75, 3.05) is 19.8 Å². The van der Waals surface area contributed by atoms with E-state index >= 15 is 0 Å². The summed E-state index contributed by atoms with van der Waals surface area (Å²) >= 11 is 0. The Kier molecular flexibility index (Phi) is 6.00. The minimum atomic E-state index is -0.453. The zero-order valence-electron chi connectivity index (χ0n) is 19.4. The number of carbonyl (C=O) groups excluding carboxylic acids is 2. The standard InChI is InChI=1S/C27H32N2O4/c1-3-32-22-15-17-13-14-29-25(21(17)16-23(22)33-4-2)24(26(30)28-18-9-5-6-10-18)19-11-7-8-12-20(19)27(29)31/h7-8,11-12,15-16,18,24-25H,3-6,9-10,13-14H2,1-2H3,(H,28,30). The molecule has 1 aliphatic carbocycles. The van der Waals surface area contributed by atoms with Crippen molar-refractivity contribution < 1.29 is 19.1 Å². The lowest BCUT2D eigenvalue weighted by atomic mass is 9.75. The molecule has 0 spiro atoms. The van der Waals surface area contributed by atoms with Gasteiger partial charge in [0.05, 0.1) is 25.2 Å². The molecule has 0 bridgehead atoms. The molecule has 1 fully saturated rings. The van der Waals surface area contributed by atoms with Gasteiger partial charge in [0.25, 0.3) is 5.91 Å². The Labute approximate surface area is 195 Å². The van der Waals surface area contributed by atoms with Crippen LogP contribution in [0.4, 0.5) is 0 Å². The van der Waals surface area contributed by atoms with Crippen LogP contribution in [0, 0.1) is 0 Å². The van der Waals surface area contributed by atoms with Crippen molar-refractivity contribution >= 4 is 11.8 Å². The Balaban J connectivity index is 1.62. The van der Waals surface area contributed by atoms with Crippen molar-refractivity contribution in [2.24, 2.45) is 0 Å². The predicted molar refractivity (Wildman–Crippen MR) is 126 cm³/mol. The van der Waals surface area contributed by atoms with Crippen LogP contribution in [0.3, 0.4) is 0 Å². The molecule has 174 valence electrons. The molecule has 2 aliphatic heterocycles. The molecule has 2 unspecified atom stereocenters. The summed E-state index contributed by atoms with van der Waals surface area (Å²) < 4.78 is 11.8. The topological polar surface area (TPSA) is 67.9 Å². The third kappa shape index (κ3) is 3.85. The molecule has 2 heterocycles. The van der Waals surface area contributed by atoms with Gasteiger partial charge in [0.1, 0.15) is 0 Å². The molecular formula is C27H32N2O4. The lowest BCUT2D eigenvalue weighted by molar-refractivity contribution is -0.125. The van der Waals surface area contributed by atoms with E-state index in [0.717, 1.165) is 54.5 Å². The molecule has 5 rings (SSSR count). The van der Waals surface area contributed by atoms with E-state index in [0.29, 0.717) is 31.1 Å². The first-order valence-electron chi connectivity index (χ1n) is 12.2. The summed E-state index contributed by atoms with van der Waals surface area (Å²) in [4.78, 5) is 29.1. The SMILES string of the molecule is CCOc1cc2c(cc1OCC)C1C(C(=O)NC3CCCC3)c3ccccc3C(=O)N1CC2. The van der Waals surface area contributed by atoms with Crippen LogP contribution in [0.5, 0.6) is 11.5 Å². The molecular weight excluding hydrogens is 416 g/mol. The molecule has 1 saturated carbocycles. The van der Waals surface area contributed by atoms with Gasteiger partial charge in [-0.25, -0.2) is 0 Å². The van der Waals surface area contributed by atoms with Gasteiger partial charge in [0, 0.05) is 18.2 Å². The summed E-state index contributed by atoms with van der Waals surface area (Å²) in [5.41, 5.74) is 3.57. The van der Waals surface area contributed by atoms with Gasteiger partial charge in [-0.05, 0) is 68.0 Å². The first-order valence-corrected chi connectivity index (χ1v) is 12.2. The van der Waals surface area contributed by atoms with Crippen LogP contribution >= 0.6 is 0 Å². The zero-order chi connectivity index (χ0) is 22.9. The van der Waals surface area contributed by atoms with Crippen LogP contribution in [0.25, 0.3) is 0 Å². The number of fused-ring (bicyclic) bond motifs is 4. The Hall–Kier alpha value is -3.02. The van der Waals surface area contributed by atoms with E-state index in [9.17, 15) is 9.59 Å². The Morgan fingerprint density at radius 1 is 1.03 bits per heavy atom. The van der Waals surface area contributed by atoms with E-state index in [1.54, 1.807) is 0 Å². The maximum atomic E-state index is 13.8. The molecule has 2 amide bonds. The number of ether oxygens (including phenoxy) is 2. The maximum absolute atomic E-state index is 13.8. The molecule has 6 heteroatoms. The summed E-state index contributed by atoms with van der Waals surface area (Å²) in [5, 5.41) is 3.31. The summed E-state index contributed by atoms with van der Waals surface area (Å²) in [5.74, 6) is 0.947. The minimum absolute atomic E-state index is 0.00184. The molecule has 1 N–H and O–H groups in total. The van der Waals surface area contributed by atoms with E-state index < -0.39 is 5.92 Å². The molecule has 0 aromatic heterocycles. The molecule has 0 saturated heterocycles. The highest BCUT2D eigenvalue weighted by atomic mass is 16.5. The summed E-state index contributed by atoms with van der Waals surface area (Å²) in [6.07, 6.45) is 5.08. The smallest absolute Gasteiger partial charge is 0.254 e. The number of hydrogen-bond acceptors (Lipinski definition) is 4. The number of nitrogens with one attached hydrogen (secondary N) is 1. The van der Waals surface area contributed by atoms with Crippen molar-refractivity contribution in [3.8, 4) is 11.5 Å². The first-order chi connectivity index (χ1) is 16.1. The highest BCUT2D eigenvalue weighted by Crippen LogP contribution is 2.48. The van der Waals surface area contributed by atoms with Crippen LogP contribution in [-0.2, 0) is 11.2 Å². The zero-order valence-corrected chi connectivity index (χ0v) is 19.4. The molecule has 0 radical (unpaired) electrons. The highest BCUT2D eigenvalue weighted by molar-refractivity contribution is 6.01. The minimum Gasteiger partial charge on any atom is -0.490 e. The lowest BCUT2D eigenvalue weighted by Crippen LogP contribution is -2.51. The number of amides is 2. The normalized spacial score (nSPS) is 21.8. The summed E-state index contributed by atoms with van der Waals surface area (Å²) in [6.45, 7) is 5.54. The van der Waals surface area contributed by atoms with Crippen LogP contribution in [-0.4, -0.2) is 42.5 Å². The lowest BCUT2D eigenvalue weighted by Gasteiger charge is -2.45. The predicted octanol–water partition coefficient (Wildman–Crippen LogP) is 4.38. The van der Waals surface area contributed by atoms with Crippen molar-refractivity contribution in [3.05, 3.63) is 58.7 Å². The Morgan fingerprint density at radius 2 is 1.73 bits per heavy atom. The number of rotatable bonds is 6. The van der Waals surface area contributed by atoms with Crippen LogP contribution < -0.4 is 14.8 Å². The van der Waals surface area contributed by atoms with Gasteiger partial charge in [-0.3, -0.25) is 9.59 Å². The molecule has 2 atom stereocenters. The van der Waals surface area contributed by atoms with Crippen molar-refractivity contribution in [1.82, 2.24) is 10.2 Å². The first kappa shape index (κ1) is 21.8. The number of carbonyl (C=O) groups is 2. The van der Waals surface area contributed by atoms with Crippen LogP contribution in [0.2, 0.25) is 0 Å². The van der Waals surface area contributed by atoms with Crippen molar-refractivity contribution in [3.63, 3.8) is 0 Å². The third-order valence-corrected chi connectivity index (χ3v) is 7.17. The Bertz CT molecular complexity index is 1060. The second-order valence-electron chi connectivity index (χ2n) is 9.11. The van der Waals surface area contributed by atoms with Gasteiger partial charge >= 0.3 is 0 Å². The Morgan fingerprint density at radius 3 is 2.45 bits per heavy atom. The number of nitrogens with zero attached hydrogens (tertiary/aromatic N) is 1.